The predicted octanol–water partition coefficient (Wildman–Crippen LogP) is 5.99. The first-order chi connectivity index (χ1) is 18.8. The number of carbonyl (C=O) groups is 2. The average Bonchev–Trinajstić information content (AvgIpc) is 2.92. The van der Waals surface area contributed by atoms with Crippen molar-refractivity contribution in [1.82, 2.24) is 9.80 Å². The minimum Gasteiger partial charge on any atom is -0.371 e. The highest BCUT2D eigenvalue weighted by atomic mass is 35.5. The molecule has 11 heteroatoms. The summed E-state index contributed by atoms with van der Waals surface area (Å²) in [5.74, 6) is -0.717. The predicted molar refractivity (Wildman–Crippen MR) is 150 cm³/mol. The fourth-order valence-electron chi connectivity index (χ4n) is 5.74. The Hall–Kier alpha value is -2.49. The van der Waals surface area contributed by atoms with Crippen LogP contribution in [0.1, 0.15) is 48.0 Å². The van der Waals surface area contributed by atoms with Crippen LogP contribution in [0.2, 0.25) is 10.0 Å². The molecule has 6 nitrogen and oxygen atoms in total. The molecule has 0 saturated carbocycles. The van der Waals surface area contributed by atoms with Crippen LogP contribution in [0.5, 0.6) is 0 Å². The summed E-state index contributed by atoms with van der Waals surface area (Å²) in [7, 11) is 3.37. The number of hydrogen-bond acceptors (Lipinski definition) is 4. The summed E-state index contributed by atoms with van der Waals surface area (Å²) in [6.45, 7) is 2.02. The maximum absolute atomic E-state index is 14.0. The van der Waals surface area contributed by atoms with Crippen molar-refractivity contribution >= 4 is 40.7 Å². The summed E-state index contributed by atoms with van der Waals surface area (Å²) in [6.07, 6.45) is -1.12. The van der Waals surface area contributed by atoms with Gasteiger partial charge in [0.1, 0.15) is 0 Å². The molecule has 2 heterocycles. The van der Waals surface area contributed by atoms with Crippen molar-refractivity contribution in [2.24, 2.45) is 11.8 Å². The Morgan fingerprint density at radius 3 is 2.08 bits per heavy atom. The van der Waals surface area contributed by atoms with Gasteiger partial charge in [0.05, 0.1) is 10.6 Å². The standard InChI is InChI=1S/C29H34Cl2F3N3O3/c1-35(2)26(38)24-7-6-23(18-25(24)31)36-12-8-19(9-13-36)16-20-10-14-37(15-11-20)27(39)28(40,29(32,33)34)21-4-3-5-22(30)17-21/h3-7,17-20,40H,8-16H2,1-2H3. The van der Waals surface area contributed by atoms with E-state index in [1.807, 2.05) is 12.1 Å². The van der Waals surface area contributed by atoms with Crippen LogP contribution in [0.4, 0.5) is 18.9 Å². The number of amides is 2. The summed E-state index contributed by atoms with van der Waals surface area (Å²) in [4.78, 5) is 30.2. The molecule has 2 aromatic rings. The fourth-order valence-corrected chi connectivity index (χ4v) is 6.18. The van der Waals surface area contributed by atoms with Crippen LogP contribution < -0.4 is 4.90 Å². The monoisotopic (exact) mass is 599 g/mol. The van der Waals surface area contributed by atoms with Gasteiger partial charge in [0.25, 0.3) is 17.4 Å². The van der Waals surface area contributed by atoms with E-state index in [1.54, 1.807) is 20.2 Å². The molecule has 2 fully saturated rings. The van der Waals surface area contributed by atoms with Crippen LogP contribution in [-0.4, -0.2) is 73.2 Å². The van der Waals surface area contributed by atoms with Gasteiger partial charge in [0.15, 0.2) is 0 Å². The Morgan fingerprint density at radius 2 is 1.55 bits per heavy atom. The number of alkyl halides is 3. The summed E-state index contributed by atoms with van der Waals surface area (Å²) in [6, 6.07) is 10.2. The van der Waals surface area contributed by atoms with E-state index in [1.165, 1.54) is 17.0 Å². The summed E-state index contributed by atoms with van der Waals surface area (Å²) < 4.78 is 42.0. The first kappa shape index (κ1) is 30.5. The van der Waals surface area contributed by atoms with Crippen LogP contribution in [-0.2, 0) is 10.4 Å². The maximum Gasteiger partial charge on any atom is 0.430 e. The van der Waals surface area contributed by atoms with Gasteiger partial charge >= 0.3 is 6.18 Å². The van der Waals surface area contributed by atoms with Gasteiger partial charge in [-0.25, -0.2) is 0 Å². The Kier molecular flexibility index (Phi) is 9.27. The quantitative estimate of drug-likeness (QED) is 0.443. The molecule has 40 heavy (non-hydrogen) atoms. The van der Waals surface area contributed by atoms with Crippen molar-refractivity contribution in [1.29, 1.82) is 0 Å². The number of piperidine rings is 2. The minimum atomic E-state index is -5.19. The second kappa shape index (κ2) is 12.2. The van der Waals surface area contributed by atoms with E-state index < -0.39 is 23.2 Å². The van der Waals surface area contributed by atoms with Gasteiger partial charge in [-0.1, -0.05) is 35.3 Å². The topological polar surface area (TPSA) is 64.1 Å². The molecule has 4 rings (SSSR count). The van der Waals surface area contributed by atoms with Crippen molar-refractivity contribution in [2.75, 3.05) is 45.2 Å². The highest BCUT2D eigenvalue weighted by Crippen LogP contribution is 2.42. The van der Waals surface area contributed by atoms with Crippen molar-refractivity contribution in [2.45, 2.75) is 43.9 Å². The molecule has 218 valence electrons. The van der Waals surface area contributed by atoms with Crippen LogP contribution in [0, 0.1) is 11.8 Å². The third kappa shape index (κ3) is 6.37. The second-order valence-corrected chi connectivity index (χ2v) is 11.8. The smallest absolute Gasteiger partial charge is 0.371 e. The molecular weight excluding hydrogens is 566 g/mol. The van der Waals surface area contributed by atoms with Gasteiger partial charge in [-0.2, -0.15) is 13.2 Å². The summed E-state index contributed by atoms with van der Waals surface area (Å²) in [5, 5.41) is 11.1. The largest absolute Gasteiger partial charge is 0.430 e. The molecule has 0 spiro atoms. The van der Waals surface area contributed by atoms with Crippen LogP contribution in [0.25, 0.3) is 0 Å². The minimum absolute atomic E-state index is 0.0114. The lowest BCUT2D eigenvalue weighted by molar-refractivity contribution is -0.262. The number of nitrogens with zero attached hydrogens (tertiary/aromatic N) is 3. The number of halogens is 5. The van der Waals surface area contributed by atoms with Gasteiger partial charge in [-0.15, -0.1) is 0 Å². The number of hydrogen-bond donors (Lipinski definition) is 1. The zero-order valence-corrected chi connectivity index (χ0v) is 24.1. The third-order valence-electron chi connectivity index (χ3n) is 8.10. The molecule has 0 bridgehead atoms. The molecule has 1 N–H and O–H groups in total. The van der Waals surface area contributed by atoms with Gasteiger partial charge in [0.2, 0.25) is 0 Å². The second-order valence-electron chi connectivity index (χ2n) is 11.0. The number of aliphatic hydroxyl groups is 1. The van der Waals surface area contributed by atoms with Crippen LogP contribution in [0.3, 0.4) is 0 Å². The highest BCUT2D eigenvalue weighted by Gasteiger charge is 2.62. The van der Waals surface area contributed by atoms with E-state index in [0.717, 1.165) is 55.1 Å². The molecule has 0 aliphatic carbocycles. The molecule has 2 saturated heterocycles. The fraction of sp³-hybridized carbons (Fsp3) is 0.517. The highest BCUT2D eigenvalue weighted by molar-refractivity contribution is 6.34. The molecule has 0 radical (unpaired) electrons. The molecule has 0 aromatic heterocycles. The van der Waals surface area contributed by atoms with E-state index in [4.69, 9.17) is 23.2 Å². The zero-order valence-electron chi connectivity index (χ0n) is 22.6. The van der Waals surface area contributed by atoms with Crippen molar-refractivity contribution in [3.8, 4) is 0 Å². The first-order valence-corrected chi connectivity index (χ1v) is 14.2. The lowest BCUT2D eigenvalue weighted by Gasteiger charge is -2.40. The molecule has 1 unspecified atom stereocenters. The Morgan fingerprint density at radius 1 is 0.950 bits per heavy atom. The van der Waals surface area contributed by atoms with Gasteiger partial charge in [0, 0.05) is 56.5 Å². The SMILES string of the molecule is CN(C)C(=O)c1ccc(N2CCC(CC3CCN(C(=O)C(O)(c4cccc(Cl)c4)C(F)(F)F)CC3)CC2)cc1Cl. The van der Waals surface area contributed by atoms with Gasteiger partial charge in [-0.05, 0) is 74.3 Å². The van der Waals surface area contributed by atoms with E-state index >= 15 is 0 Å². The number of anilines is 1. The van der Waals surface area contributed by atoms with Gasteiger partial charge < -0.3 is 19.8 Å². The summed E-state index contributed by atoms with van der Waals surface area (Å²) in [5.41, 5.74) is -2.77. The summed E-state index contributed by atoms with van der Waals surface area (Å²) >= 11 is 12.2. The number of benzene rings is 2. The Labute approximate surface area is 242 Å². The van der Waals surface area contributed by atoms with E-state index in [0.29, 0.717) is 35.3 Å². The number of likely N-dealkylation sites (tertiary alicyclic amines) is 1. The van der Waals surface area contributed by atoms with Crippen molar-refractivity contribution in [3.05, 3.63) is 63.6 Å². The molecule has 2 aliphatic rings. The maximum atomic E-state index is 14.0. The molecule has 2 aromatic carbocycles. The zero-order chi connectivity index (χ0) is 29.2. The number of carbonyl (C=O) groups excluding carboxylic acids is 2. The van der Waals surface area contributed by atoms with Crippen molar-refractivity contribution in [3.63, 3.8) is 0 Å². The average molecular weight is 601 g/mol. The Bertz CT molecular complexity index is 1230. The lowest BCUT2D eigenvalue weighted by Crippen LogP contribution is -2.57. The lowest BCUT2D eigenvalue weighted by atomic mass is 9.82. The van der Waals surface area contributed by atoms with Crippen LogP contribution in [0.15, 0.2) is 42.5 Å². The molecule has 2 aliphatic heterocycles. The first-order valence-electron chi connectivity index (χ1n) is 13.4. The Balaban J connectivity index is 1.30. The van der Waals surface area contributed by atoms with E-state index in [-0.39, 0.29) is 24.0 Å². The van der Waals surface area contributed by atoms with E-state index in [9.17, 15) is 27.9 Å². The third-order valence-corrected chi connectivity index (χ3v) is 8.65. The normalized spacial score (nSPS) is 18.9. The van der Waals surface area contributed by atoms with Crippen molar-refractivity contribution < 1.29 is 27.9 Å². The van der Waals surface area contributed by atoms with E-state index in [2.05, 4.69) is 4.90 Å². The number of rotatable bonds is 6. The van der Waals surface area contributed by atoms with Gasteiger partial charge in [-0.3, -0.25) is 9.59 Å². The molecule has 1 atom stereocenters. The molecular formula is C29H34Cl2F3N3O3. The molecule has 2 amide bonds. The van der Waals surface area contributed by atoms with Crippen LogP contribution >= 0.6 is 23.2 Å².